The Balaban J connectivity index is 2.23. The van der Waals surface area contributed by atoms with E-state index in [1.165, 1.54) is 24.3 Å². The number of ether oxygens (including phenoxy) is 2. The van der Waals surface area contributed by atoms with E-state index in [4.69, 9.17) is 9.47 Å². The van der Waals surface area contributed by atoms with Crippen molar-refractivity contribution in [3.05, 3.63) is 75.8 Å². The summed E-state index contributed by atoms with van der Waals surface area (Å²) in [6.45, 7) is 3.24. The van der Waals surface area contributed by atoms with Crippen LogP contribution >= 0.6 is 0 Å². The fourth-order valence-corrected chi connectivity index (χ4v) is 4.26. The molecular weight excluding hydrogens is 416 g/mol. The van der Waals surface area contributed by atoms with Crippen molar-refractivity contribution in [3.8, 4) is 0 Å². The minimum Gasteiger partial charge on any atom is -0.464 e. The van der Waals surface area contributed by atoms with Crippen molar-refractivity contribution in [1.82, 2.24) is 5.32 Å². The predicted molar refractivity (Wildman–Crippen MR) is 114 cm³/mol. The summed E-state index contributed by atoms with van der Waals surface area (Å²) in [7, 11) is 0. The Hall–Kier alpha value is -3.59. The SMILES string of the molecule is CCOC(=O)C1(C(=O)OCC)N[C@H](c2ccccc2)[C@H](C=O)[C@H]1c1ccc([N+](=O)[O-])cc1. The molecule has 0 saturated carbocycles. The molecule has 168 valence electrons. The normalized spacial score (nSPS) is 21.5. The molecule has 3 rings (SSSR count). The van der Waals surface area contributed by atoms with Crippen molar-refractivity contribution < 1.29 is 28.8 Å². The van der Waals surface area contributed by atoms with Crippen molar-refractivity contribution in [3.63, 3.8) is 0 Å². The molecule has 1 N–H and O–H groups in total. The summed E-state index contributed by atoms with van der Waals surface area (Å²) >= 11 is 0. The second kappa shape index (κ2) is 9.69. The van der Waals surface area contributed by atoms with Gasteiger partial charge in [0.25, 0.3) is 5.69 Å². The molecule has 9 nitrogen and oxygen atoms in total. The lowest BCUT2D eigenvalue weighted by Gasteiger charge is -2.31. The number of nitro groups is 1. The molecule has 3 atom stereocenters. The van der Waals surface area contributed by atoms with E-state index in [-0.39, 0.29) is 18.9 Å². The van der Waals surface area contributed by atoms with Crippen LogP contribution in [0, 0.1) is 16.0 Å². The third-order valence-electron chi connectivity index (χ3n) is 5.59. The van der Waals surface area contributed by atoms with Crippen LogP contribution in [0.3, 0.4) is 0 Å². The number of nitrogens with zero attached hydrogens (tertiary/aromatic N) is 1. The number of esters is 2. The molecule has 1 aliphatic heterocycles. The molecule has 0 radical (unpaired) electrons. The van der Waals surface area contributed by atoms with Crippen LogP contribution in [0.5, 0.6) is 0 Å². The summed E-state index contributed by atoms with van der Waals surface area (Å²) in [4.78, 5) is 49.4. The van der Waals surface area contributed by atoms with Gasteiger partial charge >= 0.3 is 11.9 Å². The van der Waals surface area contributed by atoms with E-state index in [1.54, 1.807) is 38.1 Å². The first-order valence-electron chi connectivity index (χ1n) is 10.3. The van der Waals surface area contributed by atoms with Crippen molar-refractivity contribution in [2.45, 2.75) is 31.3 Å². The van der Waals surface area contributed by atoms with E-state index < -0.39 is 40.3 Å². The first-order chi connectivity index (χ1) is 15.4. The molecule has 2 aromatic rings. The smallest absolute Gasteiger partial charge is 0.338 e. The van der Waals surface area contributed by atoms with E-state index in [0.717, 1.165) is 0 Å². The Morgan fingerprint density at radius 2 is 1.56 bits per heavy atom. The second-order valence-electron chi connectivity index (χ2n) is 7.32. The van der Waals surface area contributed by atoms with Crippen LogP contribution in [0.2, 0.25) is 0 Å². The van der Waals surface area contributed by atoms with Gasteiger partial charge in [-0.15, -0.1) is 0 Å². The summed E-state index contributed by atoms with van der Waals surface area (Å²) in [5.74, 6) is -3.60. The summed E-state index contributed by atoms with van der Waals surface area (Å²) in [5, 5.41) is 14.2. The Morgan fingerprint density at radius 1 is 1.00 bits per heavy atom. The van der Waals surface area contributed by atoms with Gasteiger partial charge in [-0.05, 0) is 25.0 Å². The van der Waals surface area contributed by atoms with Gasteiger partial charge in [0.1, 0.15) is 6.29 Å². The van der Waals surface area contributed by atoms with Crippen molar-refractivity contribution in [2.75, 3.05) is 13.2 Å². The zero-order valence-electron chi connectivity index (χ0n) is 17.7. The van der Waals surface area contributed by atoms with Crippen LogP contribution in [0.15, 0.2) is 54.6 Å². The van der Waals surface area contributed by atoms with Gasteiger partial charge in [-0.3, -0.25) is 15.4 Å². The number of benzene rings is 2. The number of non-ortho nitro benzene ring substituents is 1. The molecule has 0 aliphatic carbocycles. The van der Waals surface area contributed by atoms with Gasteiger partial charge in [-0.25, -0.2) is 9.59 Å². The molecule has 2 aromatic carbocycles. The highest BCUT2D eigenvalue weighted by molar-refractivity contribution is 6.07. The van der Waals surface area contributed by atoms with E-state index >= 15 is 0 Å². The average molecular weight is 440 g/mol. The first-order valence-corrected chi connectivity index (χ1v) is 10.3. The van der Waals surface area contributed by atoms with Crippen LogP contribution in [-0.2, 0) is 23.9 Å². The van der Waals surface area contributed by atoms with E-state index in [0.29, 0.717) is 17.4 Å². The van der Waals surface area contributed by atoms with Crippen molar-refractivity contribution >= 4 is 23.9 Å². The Morgan fingerprint density at radius 3 is 2.03 bits per heavy atom. The Labute approximate surface area is 184 Å². The van der Waals surface area contributed by atoms with Crippen molar-refractivity contribution in [2.24, 2.45) is 5.92 Å². The summed E-state index contributed by atoms with van der Waals surface area (Å²) < 4.78 is 10.5. The van der Waals surface area contributed by atoms with E-state index in [9.17, 15) is 24.5 Å². The first kappa shape index (κ1) is 23.1. The molecule has 1 heterocycles. The number of carbonyl (C=O) groups excluding carboxylic acids is 3. The molecular formula is C23H24N2O7. The van der Waals surface area contributed by atoms with E-state index in [1.807, 2.05) is 6.07 Å². The van der Waals surface area contributed by atoms with Crippen LogP contribution in [0.25, 0.3) is 0 Å². The standard InChI is InChI=1S/C23H24N2O7/c1-3-31-21(27)23(22(28)32-4-2)19(15-10-12-17(13-11-15)25(29)30)18(14-26)20(24-23)16-8-6-5-7-9-16/h5-14,18-20,24H,3-4H2,1-2H3/t18-,19-,20-/m1/s1. The number of carbonyl (C=O) groups is 3. The minimum absolute atomic E-state index is 0.0103. The van der Waals surface area contributed by atoms with Crippen LogP contribution in [0.4, 0.5) is 5.69 Å². The lowest BCUT2D eigenvalue weighted by molar-refractivity contribution is -0.384. The number of hydrogen-bond donors (Lipinski definition) is 1. The average Bonchev–Trinajstić information content (AvgIpc) is 3.16. The minimum atomic E-state index is -2.01. The summed E-state index contributed by atoms with van der Waals surface area (Å²) in [6.07, 6.45) is 0.691. The predicted octanol–water partition coefficient (Wildman–Crippen LogP) is 2.70. The van der Waals surface area contributed by atoms with Gasteiger partial charge in [-0.2, -0.15) is 0 Å². The third kappa shape index (κ3) is 3.99. The van der Waals surface area contributed by atoms with Gasteiger partial charge in [0, 0.05) is 30.0 Å². The van der Waals surface area contributed by atoms with Crippen LogP contribution < -0.4 is 5.32 Å². The second-order valence-corrected chi connectivity index (χ2v) is 7.32. The Bertz CT molecular complexity index is 973. The zero-order valence-corrected chi connectivity index (χ0v) is 17.7. The number of rotatable bonds is 8. The molecule has 32 heavy (non-hydrogen) atoms. The highest BCUT2D eigenvalue weighted by Crippen LogP contribution is 2.49. The lowest BCUT2D eigenvalue weighted by Crippen LogP contribution is -2.59. The number of aldehydes is 1. The van der Waals surface area contributed by atoms with Gasteiger partial charge in [0.2, 0.25) is 5.54 Å². The van der Waals surface area contributed by atoms with Crippen LogP contribution in [-0.4, -0.2) is 41.9 Å². The summed E-state index contributed by atoms with van der Waals surface area (Å²) in [5.41, 5.74) is -1.06. The molecule has 0 spiro atoms. The maximum absolute atomic E-state index is 13.3. The molecule has 0 unspecified atom stereocenters. The topological polar surface area (TPSA) is 125 Å². The number of nitro benzene ring substituents is 1. The molecule has 9 heteroatoms. The van der Waals surface area contributed by atoms with Crippen molar-refractivity contribution in [1.29, 1.82) is 0 Å². The van der Waals surface area contributed by atoms with Gasteiger partial charge in [-0.1, -0.05) is 42.5 Å². The zero-order chi connectivity index (χ0) is 23.3. The molecule has 1 saturated heterocycles. The van der Waals surface area contributed by atoms with E-state index in [2.05, 4.69) is 5.32 Å². The molecule has 0 amide bonds. The highest BCUT2D eigenvalue weighted by atomic mass is 16.6. The highest BCUT2D eigenvalue weighted by Gasteiger charge is 2.65. The molecule has 0 aromatic heterocycles. The van der Waals surface area contributed by atoms with Gasteiger partial charge in [0.05, 0.1) is 18.1 Å². The monoisotopic (exact) mass is 440 g/mol. The van der Waals surface area contributed by atoms with Gasteiger partial charge in [0.15, 0.2) is 0 Å². The summed E-state index contributed by atoms with van der Waals surface area (Å²) in [6, 6.07) is 13.7. The molecule has 1 aliphatic rings. The fraction of sp³-hybridized carbons (Fsp3) is 0.348. The fourth-order valence-electron chi connectivity index (χ4n) is 4.26. The molecule has 0 bridgehead atoms. The quantitative estimate of drug-likeness (QED) is 0.218. The number of hydrogen-bond acceptors (Lipinski definition) is 8. The molecule has 1 fully saturated rings. The Kier molecular flexibility index (Phi) is 6.99. The largest absolute Gasteiger partial charge is 0.464 e. The third-order valence-corrected chi connectivity index (χ3v) is 5.59. The maximum atomic E-state index is 13.3. The lowest BCUT2D eigenvalue weighted by atomic mass is 9.74. The maximum Gasteiger partial charge on any atom is 0.338 e. The van der Waals surface area contributed by atoms with Crippen LogP contribution in [0.1, 0.15) is 36.9 Å². The van der Waals surface area contributed by atoms with Gasteiger partial charge < -0.3 is 14.3 Å². The number of nitrogens with one attached hydrogen (secondary N) is 1.